The molecule has 0 atom stereocenters. The first-order chi connectivity index (χ1) is 9.78. The summed E-state index contributed by atoms with van der Waals surface area (Å²) < 4.78 is 0. The summed E-state index contributed by atoms with van der Waals surface area (Å²) in [7, 11) is 0. The molecule has 2 rings (SSSR count). The van der Waals surface area contributed by atoms with E-state index in [2.05, 4.69) is 22.1 Å². The predicted molar refractivity (Wildman–Crippen MR) is 81.9 cm³/mol. The fourth-order valence-electron chi connectivity index (χ4n) is 1.34. The van der Waals surface area contributed by atoms with Gasteiger partial charge < -0.3 is 10.4 Å². The van der Waals surface area contributed by atoms with Crippen LogP contribution in [0.25, 0.3) is 0 Å². The van der Waals surface area contributed by atoms with E-state index in [0.717, 1.165) is 4.90 Å². The minimum atomic E-state index is -0.187. The van der Waals surface area contributed by atoms with Crippen molar-refractivity contribution in [3.8, 4) is 11.8 Å². The third-order valence-corrected chi connectivity index (χ3v) is 4.00. The number of hydrogen-bond acceptors (Lipinski definition) is 5. The van der Waals surface area contributed by atoms with Gasteiger partial charge in [-0.25, -0.2) is 4.98 Å². The van der Waals surface area contributed by atoms with Crippen LogP contribution in [0.1, 0.15) is 4.88 Å². The summed E-state index contributed by atoms with van der Waals surface area (Å²) in [5.41, 5.74) is 0. The fraction of sp³-hybridized carbons (Fsp3) is 0.143. The number of hydrogen-bond donors (Lipinski definition) is 2. The van der Waals surface area contributed by atoms with Crippen LogP contribution in [0.3, 0.4) is 0 Å². The molecule has 6 heteroatoms. The average Bonchev–Trinajstić information content (AvgIpc) is 2.91. The van der Waals surface area contributed by atoms with Crippen LogP contribution in [0, 0.1) is 11.8 Å². The second-order valence-corrected chi connectivity index (χ2v) is 5.72. The van der Waals surface area contributed by atoms with Gasteiger partial charge in [0.2, 0.25) is 5.91 Å². The number of rotatable bonds is 4. The number of carbonyl (C=O) groups is 1. The molecule has 0 aliphatic heterocycles. The first kappa shape index (κ1) is 14.6. The van der Waals surface area contributed by atoms with Gasteiger partial charge in [0.1, 0.15) is 6.61 Å². The maximum absolute atomic E-state index is 11.8. The van der Waals surface area contributed by atoms with Crippen molar-refractivity contribution in [2.24, 2.45) is 0 Å². The minimum Gasteiger partial charge on any atom is -0.384 e. The summed E-state index contributed by atoms with van der Waals surface area (Å²) in [6, 6.07) is 9.74. The molecule has 0 unspecified atom stereocenters. The van der Waals surface area contributed by atoms with Crippen molar-refractivity contribution >= 4 is 34.1 Å². The Morgan fingerprint density at radius 1 is 1.40 bits per heavy atom. The first-order valence-corrected chi connectivity index (χ1v) is 7.61. The molecular weight excluding hydrogens is 292 g/mol. The monoisotopic (exact) mass is 304 g/mol. The molecule has 0 spiro atoms. The summed E-state index contributed by atoms with van der Waals surface area (Å²) >= 11 is 2.76. The topological polar surface area (TPSA) is 62.2 Å². The number of anilines is 1. The number of aliphatic hydroxyl groups excluding tert-OH is 1. The highest BCUT2D eigenvalue weighted by atomic mass is 32.2. The minimum absolute atomic E-state index is 0.102. The number of amides is 1. The fourth-order valence-corrected chi connectivity index (χ4v) is 2.76. The average molecular weight is 304 g/mol. The standard InChI is InChI=1S/C14H12N2O2S2/c17-8-4-7-12-9-15-14(20-12)16-13(18)10-19-11-5-2-1-3-6-11/h1-3,5-6,9,17H,8,10H2,(H,15,16,18). The van der Waals surface area contributed by atoms with E-state index in [1.54, 1.807) is 6.20 Å². The zero-order chi connectivity index (χ0) is 14.2. The number of nitrogens with one attached hydrogen (secondary N) is 1. The molecule has 0 saturated carbocycles. The highest BCUT2D eigenvalue weighted by Crippen LogP contribution is 2.19. The van der Waals surface area contributed by atoms with Crippen LogP contribution in [0.4, 0.5) is 5.13 Å². The first-order valence-electron chi connectivity index (χ1n) is 5.81. The highest BCUT2D eigenvalue weighted by molar-refractivity contribution is 8.00. The van der Waals surface area contributed by atoms with E-state index >= 15 is 0 Å². The van der Waals surface area contributed by atoms with Crippen LogP contribution in [-0.4, -0.2) is 28.4 Å². The molecule has 1 aromatic heterocycles. The lowest BCUT2D eigenvalue weighted by molar-refractivity contribution is -0.113. The molecule has 0 fully saturated rings. The molecule has 0 bridgehead atoms. The number of aromatic nitrogens is 1. The Kier molecular flexibility index (Phi) is 5.62. The van der Waals surface area contributed by atoms with Crippen molar-refractivity contribution in [1.82, 2.24) is 4.98 Å². The van der Waals surface area contributed by atoms with E-state index in [0.29, 0.717) is 15.8 Å². The molecule has 2 aromatic rings. The SMILES string of the molecule is O=C(CSc1ccccc1)Nc1ncc(C#CCO)s1. The Bertz CT molecular complexity index is 629. The number of carbonyl (C=O) groups excluding carboxylic acids is 1. The molecule has 1 aromatic carbocycles. The van der Waals surface area contributed by atoms with E-state index in [1.165, 1.54) is 23.1 Å². The van der Waals surface area contributed by atoms with Gasteiger partial charge in [-0.1, -0.05) is 41.4 Å². The van der Waals surface area contributed by atoms with Gasteiger partial charge in [0.15, 0.2) is 5.13 Å². The van der Waals surface area contributed by atoms with Crippen LogP contribution in [0.2, 0.25) is 0 Å². The van der Waals surface area contributed by atoms with Crippen molar-refractivity contribution in [3.63, 3.8) is 0 Å². The van der Waals surface area contributed by atoms with Crippen molar-refractivity contribution < 1.29 is 9.90 Å². The zero-order valence-corrected chi connectivity index (χ0v) is 12.1. The normalized spacial score (nSPS) is 9.65. The maximum Gasteiger partial charge on any atom is 0.236 e. The van der Waals surface area contributed by atoms with Crippen LogP contribution < -0.4 is 5.32 Å². The lowest BCUT2D eigenvalue weighted by Gasteiger charge is -2.01. The highest BCUT2D eigenvalue weighted by Gasteiger charge is 2.06. The van der Waals surface area contributed by atoms with Gasteiger partial charge >= 0.3 is 0 Å². The summed E-state index contributed by atoms with van der Waals surface area (Å²) in [4.78, 5) is 17.6. The van der Waals surface area contributed by atoms with E-state index < -0.39 is 0 Å². The Morgan fingerprint density at radius 3 is 2.95 bits per heavy atom. The molecule has 0 saturated heterocycles. The largest absolute Gasteiger partial charge is 0.384 e. The molecule has 102 valence electrons. The molecule has 20 heavy (non-hydrogen) atoms. The van der Waals surface area contributed by atoms with E-state index in [-0.39, 0.29) is 12.5 Å². The predicted octanol–water partition coefficient (Wildman–Crippen LogP) is 2.22. The van der Waals surface area contributed by atoms with Crippen LogP contribution in [0.15, 0.2) is 41.4 Å². The van der Waals surface area contributed by atoms with Crippen molar-refractivity contribution in [2.75, 3.05) is 17.7 Å². The summed E-state index contributed by atoms with van der Waals surface area (Å²) in [5.74, 6) is 5.51. The van der Waals surface area contributed by atoms with Crippen LogP contribution in [0.5, 0.6) is 0 Å². The molecule has 1 amide bonds. The number of aliphatic hydroxyl groups is 1. The lowest BCUT2D eigenvalue weighted by Crippen LogP contribution is -2.13. The third-order valence-electron chi connectivity index (χ3n) is 2.16. The van der Waals surface area contributed by atoms with Crippen LogP contribution in [-0.2, 0) is 4.79 Å². The maximum atomic E-state index is 11.8. The number of nitrogens with zero attached hydrogens (tertiary/aromatic N) is 1. The van der Waals surface area contributed by atoms with Gasteiger partial charge in [0.05, 0.1) is 16.8 Å². The Balaban J connectivity index is 1.84. The molecule has 1 heterocycles. The van der Waals surface area contributed by atoms with Gasteiger partial charge in [-0.3, -0.25) is 4.79 Å². The Labute approximate surface area is 125 Å². The third kappa shape index (κ3) is 4.70. The van der Waals surface area contributed by atoms with Crippen molar-refractivity contribution in [2.45, 2.75) is 4.90 Å². The van der Waals surface area contributed by atoms with Crippen molar-refractivity contribution in [3.05, 3.63) is 41.4 Å². The lowest BCUT2D eigenvalue weighted by atomic mass is 10.4. The molecule has 0 aliphatic rings. The Hall–Kier alpha value is -1.81. The van der Waals surface area contributed by atoms with Crippen molar-refractivity contribution in [1.29, 1.82) is 0 Å². The van der Waals surface area contributed by atoms with Gasteiger partial charge in [0, 0.05) is 4.90 Å². The zero-order valence-electron chi connectivity index (χ0n) is 10.5. The smallest absolute Gasteiger partial charge is 0.236 e. The van der Waals surface area contributed by atoms with Gasteiger partial charge in [-0.2, -0.15) is 0 Å². The Morgan fingerprint density at radius 2 is 2.20 bits per heavy atom. The second-order valence-electron chi connectivity index (χ2n) is 3.64. The van der Waals surface area contributed by atoms with Gasteiger partial charge in [-0.05, 0) is 12.1 Å². The number of thiazole rings is 1. The van der Waals surface area contributed by atoms with Gasteiger partial charge in [-0.15, -0.1) is 11.8 Å². The summed E-state index contributed by atoms with van der Waals surface area (Å²) in [5, 5.41) is 11.8. The van der Waals surface area contributed by atoms with E-state index in [4.69, 9.17) is 5.11 Å². The number of thioether (sulfide) groups is 1. The molecule has 0 aliphatic carbocycles. The molecular formula is C14H12N2O2S2. The summed E-state index contributed by atoms with van der Waals surface area (Å²) in [6.07, 6.45) is 1.58. The van der Waals surface area contributed by atoms with Crippen LogP contribution >= 0.6 is 23.1 Å². The molecule has 4 nitrogen and oxygen atoms in total. The summed E-state index contributed by atoms with van der Waals surface area (Å²) in [6.45, 7) is -0.187. The molecule has 2 N–H and O–H groups in total. The quantitative estimate of drug-likeness (QED) is 0.671. The second kappa shape index (κ2) is 7.70. The van der Waals surface area contributed by atoms with Gasteiger partial charge in [0.25, 0.3) is 0 Å². The van der Waals surface area contributed by atoms with E-state index in [1.807, 2.05) is 30.3 Å². The molecule has 0 radical (unpaired) electrons. The van der Waals surface area contributed by atoms with E-state index in [9.17, 15) is 4.79 Å². The number of benzene rings is 1.